The van der Waals surface area contributed by atoms with Gasteiger partial charge in [-0.25, -0.2) is 14.2 Å². The van der Waals surface area contributed by atoms with E-state index in [0.29, 0.717) is 0 Å². The standard InChI is InChI=1S/C7H8N2O5/c1-13-7(12)14-4-9-5(10)2-3-8-6(9)11/h2-3H,4H2,1H3,(H,8,11). The molecule has 14 heavy (non-hydrogen) atoms. The number of nitrogens with zero attached hydrogens (tertiary/aromatic N) is 1. The van der Waals surface area contributed by atoms with Crippen molar-refractivity contribution in [3.8, 4) is 0 Å². The van der Waals surface area contributed by atoms with Crippen molar-refractivity contribution in [2.24, 2.45) is 0 Å². The number of aromatic nitrogens is 2. The van der Waals surface area contributed by atoms with Gasteiger partial charge in [-0.1, -0.05) is 0 Å². The summed E-state index contributed by atoms with van der Waals surface area (Å²) in [4.78, 5) is 34.9. The Labute approximate surface area is 77.9 Å². The van der Waals surface area contributed by atoms with Gasteiger partial charge < -0.3 is 14.5 Å². The first-order chi connectivity index (χ1) is 6.65. The van der Waals surface area contributed by atoms with Crippen molar-refractivity contribution in [3.63, 3.8) is 0 Å². The molecule has 0 aliphatic rings. The Balaban J connectivity index is 2.82. The van der Waals surface area contributed by atoms with E-state index in [1.807, 2.05) is 0 Å². The normalized spacial score (nSPS) is 9.50. The molecule has 0 amide bonds. The summed E-state index contributed by atoms with van der Waals surface area (Å²) in [6.07, 6.45) is 0.249. The minimum atomic E-state index is -0.958. The third-order valence-corrected chi connectivity index (χ3v) is 1.42. The van der Waals surface area contributed by atoms with E-state index < -0.39 is 24.1 Å². The van der Waals surface area contributed by atoms with E-state index in [2.05, 4.69) is 14.5 Å². The fraction of sp³-hybridized carbons (Fsp3) is 0.286. The third-order valence-electron chi connectivity index (χ3n) is 1.42. The van der Waals surface area contributed by atoms with Gasteiger partial charge in [0, 0.05) is 12.3 Å². The maximum atomic E-state index is 11.1. The maximum Gasteiger partial charge on any atom is 0.509 e. The zero-order chi connectivity index (χ0) is 10.6. The highest BCUT2D eigenvalue weighted by Crippen LogP contribution is 1.82. The van der Waals surface area contributed by atoms with Crippen molar-refractivity contribution in [2.45, 2.75) is 6.73 Å². The fourth-order valence-corrected chi connectivity index (χ4v) is 0.751. The number of hydrogen-bond acceptors (Lipinski definition) is 5. The smallest absolute Gasteiger partial charge is 0.438 e. The van der Waals surface area contributed by atoms with Gasteiger partial charge in [-0.15, -0.1) is 0 Å². The largest absolute Gasteiger partial charge is 0.509 e. The van der Waals surface area contributed by atoms with Crippen LogP contribution < -0.4 is 11.2 Å². The number of aromatic amines is 1. The number of nitrogens with one attached hydrogen (secondary N) is 1. The van der Waals surface area contributed by atoms with E-state index in [1.165, 1.54) is 6.20 Å². The molecule has 1 heterocycles. The van der Waals surface area contributed by atoms with Gasteiger partial charge in [-0.2, -0.15) is 0 Å². The van der Waals surface area contributed by atoms with Crippen molar-refractivity contribution in [1.29, 1.82) is 0 Å². The molecule has 0 aromatic carbocycles. The molecule has 0 aliphatic heterocycles. The summed E-state index contributed by atoms with van der Waals surface area (Å²) in [7, 11) is 1.13. The third kappa shape index (κ3) is 2.22. The molecule has 0 spiro atoms. The van der Waals surface area contributed by atoms with Crippen LogP contribution in [0.2, 0.25) is 0 Å². The van der Waals surface area contributed by atoms with Gasteiger partial charge in [0.25, 0.3) is 5.56 Å². The van der Waals surface area contributed by atoms with Crippen molar-refractivity contribution >= 4 is 6.16 Å². The van der Waals surface area contributed by atoms with E-state index in [4.69, 9.17) is 0 Å². The van der Waals surface area contributed by atoms with Crippen molar-refractivity contribution in [3.05, 3.63) is 33.1 Å². The van der Waals surface area contributed by atoms with Crippen molar-refractivity contribution in [2.75, 3.05) is 7.11 Å². The molecule has 0 unspecified atom stereocenters. The predicted octanol–water partition coefficient (Wildman–Crippen LogP) is -0.723. The molecule has 0 fully saturated rings. The number of carbonyl (C=O) groups excluding carboxylic acids is 1. The highest BCUT2D eigenvalue weighted by Gasteiger charge is 2.04. The van der Waals surface area contributed by atoms with Crippen LogP contribution in [0, 0.1) is 0 Å². The summed E-state index contributed by atoms with van der Waals surface area (Å²) in [6.45, 7) is -0.471. The van der Waals surface area contributed by atoms with Gasteiger partial charge in [0.2, 0.25) is 0 Å². The second kappa shape index (κ2) is 4.26. The molecule has 0 saturated carbocycles. The molecule has 0 radical (unpaired) electrons. The Kier molecular flexibility index (Phi) is 3.05. The first kappa shape index (κ1) is 10.0. The highest BCUT2D eigenvalue weighted by atomic mass is 16.7. The molecular formula is C7H8N2O5. The minimum absolute atomic E-state index is 0.471. The summed E-state index contributed by atoms with van der Waals surface area (Å²) >= 11 is 0. The zero-order valence-corrected chi connectivity index (χ0v) is 7.35. The number of hydrogen-bond donors (Lipinski definition) is 1. The molecule has 7 heteroatoms. The number of H-pyrrole nitrogens is 1. The zero-order valence-electron chi connectivity index (χ0n) is 7.35. The van der Waals surface area contributed by atoms with Gasteiger partial charge in [0.05, 0.1) is 7.11 Å². The Morgan fingerprint density at radius 3 is 2.86 bits per heavy atom. The number of carbonyl (C=O) groups is 1. The Morgan fingerprint density at radius 1 is 1.57 bits per heavy atom. The fourth-order valence-electron chi connectivity index (χ4n) is 0.751. The van der Waals surface area contributed by atoms with Crippen LogP contribution >= 0.6 is 0 Å². The van der Waals surface area contributed by atoms with Crippen LogP contribution in [0.1, 0.15) is 0 Å². The summed E-state index contributed by atoms with van der Waals surface area (Å²) in [5.41, 5.74) is -1.21. The Bertz CT molecular complexity index is 404. The van der Waals surface area contributed by atoms with Crippen LogP contribution in [-0.2, 0) is 16.2 Å². The summed E-state index contributed by atoms with van der Waals surface area (Å²) in [5.74, 6) is 0. The van der Waals surface area contributed by atoms with Crippen LogP contribution in [-0.4, -0.2) is 22.8 Å². The molecule has 1 N–H and O–H groups in total. The molecule has 0 aliphatic carbocycles. The number of methoxy groups -OCH3 is 1. The lowest BCUT2D eigenvalue weighted by atomic mass is 10.6. The van der Waals surface area contributed by atoms with Gasteiger partial charge in [0.1, 0.15) is 0 Å². The predicted molar refractivity (Wildman–Crippen MR) is 44.8 cm³/mol. The van der Waals surface area contributed by atoms with E-state index in [-0.39, 0.29) is 0 Å². The highest BCUT2D eigenvalue weighted by molar-refractivity contribution is 5.59. The van der Waals surface area contributed by atoms with E-state index >= 15 is 0 Å². The number of ether oxygens (including phenoxy) is 2. The van der Waals surface area contributed by atoms with Crippen LogP contribution in [0.5, 0.6) is 0 Å². The number of rotatable bonds is 2. The van der Waals surface area contributed by atoms with Gasteiger partial charge in [0.15, 0.2) is 6.73 Å². The summed E-state index contributed by atoms with van der Waals surface area (Å²) < 4.78 is 9.30. The average molecular weight is 200 g/mol. The monoisotopic (exact) mass is 200 g/mol. The quantitative estimate of drug-likeness (QED) is 0.636. The molecule has 0 saturated heterocycles. The van der Waals surface area contributed by atoms with Gasteiger partial charge >= 0.3 is 11.8 Å². The maximum absolute atomic E-state index is 11.1. The molecule has 7 nitrogen and oxygen atoms in total. The molecule has 0 atom stereocenters. The first-order valence-electron chi connectivity index (χ1n) is 3.64. The van der Waals surface area contributed by atoms with Crippen LogP contribution in [0.3, 0.4) is 0 Å². The van der Waals surface area contributed by atoms with Crippen LogP contribution in [0.4, 0.5) is 4.79 Å². The molecular weight excluding hydrogens is 192 g/mol. The molecule has 1 aromatic heterocycles. The van der Waals surface area contributed by atoms with Crippen molar-refractivity contribution < 1.29 is 14.3 Å². The molecule has 0 bridgehead atoms. The van der Waals surface area contributed by atoms with Crippen molar-refractivity contribution in [1.82, 2.24) is 9.55 Å². The lowest BCUT2D eigenvalue weighted by molar-refractivity contribution is 0.0462. The topological polar surface area (TPSA) is 90.4 Å². The van der Waals surface area contributed by atoms with Crippen LogP contribution in [0.15, 0.2) is 21.9 Å². The van der Waals surface area contributed by atoms with E-state index in [0.717, 1.165) is 17.7 Å². The van der Waals surface area contributed by atoms with E-state index in [1.54, 1.807) is 0 Å². The second-order valence-electron chi connectivity index (χ2n) is 2.28. The summed E-state index contributed by atoms with van der Waals surface area (Å²) in [6, 6.07) is 1.14. The summed E-state index contributed by atoms with van der Waals surface area (Å²) in [5, 5.41) is 0. The first-order valence-corrected chi connectivity index (χ1v) is 3.64. The lowest BCUT2D eigenvalue weighted by Crippen LogP contribution is -2.35. The van der Waals surface area contributed by atoms with Crippen LogP contribution in [0.25, 0.3) is 0 Å². The van der Waals surface area contributed by atoms with E-state index in [9.17, 15) is 14.4 Å². The van der Waals surface area contributed by atoms with Gasteiger partial charge in [-0.3, -0.25) is 4.79 Å². The average Bonchev–Trinajstić information content (AvgIpc) is 2.16. The SMILES string of the molecule is COC(=O)OCn1c(=O)cc[nH]c1=O. The second-order valence-corrected chi connectivity index (χ2v) is 2.28. The molecule has 76 valence electrons. The Hall–Kier alpha value is -2.05. The van der Waals surface area contributed by atoms with Gasteiger partial charge in [-0.05, 0) is 0 Å². The molecule has 1 rings (SSSR count). The Morgan fingerprint density at radius 2 is 2.29 bits per heavy atom. The lowest BCUT2D eigenvalue weighted by Gasteiger charge is -2.03. The minimum Gasteiger partial charge on any atom is -0.438 e. The molecule has 1 aromatic rings.